The molecular formula is C20H24FN3O7S. The number of hydrogen-bond acceptors (Lipinski definition) is 7. The van der Waals surface area contributed by atoms with Crippen molar-refractivity contribution >= 4 is 40.4 Å². The number of hydrogen-bond donors (Lipinski definition) is 2. The van der Waals surface area contributed by atoms with Crippen LogP contribution >= 0.6 is 0 Å². The molecule has 0 bridgehead atoms. The van der Waals surface area contributed by atoms with Gasteiger partial charge in [0.05, 0.1) is 0 Å². The summed E-state index contributed by atoms with van der Waals surface area (Å²) in [6.45, 7) is 4.92. The molecule has 1 saturated heterocycles. The summed E-state index contributed by atoms with van der Waals surface area (Å²) in [5.74, 6) is -2.28. The molecule has 10 nitrogen and oxygen atoms in total. The Morgan fingerprint density at radius 1 is 1.25 bits per heavy atom. The normalized spacial score (nSPS) is 19.1. The van der Waals surface area contributed by atoms with E-state index in [-0.39, 0.29) is 43.2 Å². The molecule has 12 heteroatoms. The number of rotatable bonds is 6. The minimum absolute atomic E-state index is 0.00684. The lowest BCUT2D eigenvalue weighted by Gasteiger charge is -2.21. The van der Waals surface area contributed by atoms with E-state index < -0.39 is 47.0 Å². The number of phenols is 1. The van der Waals surface area contributed by atoms with Crippen LogP contribution in [0.25, 0.3) is 5.57 Å². The predicted molar refractivity (Wildman–Crippen MR) is 113 cm³/mol. The Labute approximate surface area is 186 Å². The Morgan fingerprint density at radius 3 is 2.59 bits per heavy atom. The van der Waals surface area contributed by atoms with Crippen LogP contribution in [0.4, 0.5) is 14.9 Å². The maximum Gasteiger partial charge on any atom is 0.413 e. The van der Waals surface area contributed by atoms with Gasteiger partial charge in [-0.2, -0.15) is 0 Å². The summed E-state index contributed by atoms with van der Waals surface area (Å²) in [5, 5.41) is 10.1. The third-order valence-corrected chi connectivity index (χ3v) is 5.81. The number of amides is 2. The molecule has 0 saturated carbocycles. The van der Waals surface area contributed by atoms with Gasteiger partial charge >= 0.3 is 12.1 Å². The highest BCUT2D eigenvalue weighted by Gasteiger charge is 2.33. The van der Waals surface area contributed by atoms with Crippen molar-refractivity contribution in [1.82, 2.24) is 9.62 Å². The summed E-state index contributed by atoms with van der Waals surface area (Å²) in [6.07, 6.45) is -0.0101. The van der Waals surface area contributed by atoms with Gasteiger partial charge in [-0.3, -0.25) is 18.6 Å². The second-order valence-electron chi connectivity index (χ2n) is 7.75. The quantitative estimate of drug-likeness (QED) is 0.481. The maximum absolute atomic E-state index is 15.2. The number of phenolic OH excluding ortho intramolecular Hbond substituents is 1. The van der Waals surface area contributed by atoms with Crippen LogP contribution < -0.4 is 9.03 Å². The van der Waals surface area contributed by atoms with Crippen molar-refractivity contribution in [3.63, 3.8) is 0 Å². The number of ether oxygens (including phenoxy) is 2. The van der Waals surface area contributed by atoms with Crippen LogP contribution in [-0.4, -0.2) is 58.1 Å². The Kier molecular flexibility index (Phi) is 7.02. The van der Waals surface area contributed by atoms with Crippen molar-refractivity contribution in [3.8, 4) is 5.75 Å². The summed E-state index contributed by atoms with van der Waals surface area (Å²) >= 11 is -2.01. The van der Waals surface area contributed by atoms with Gasteiger partial charge in [0, 0.05) is 32.0 Å². The SMILES string of the molecule is CC(C)CC(=O)OC(C)OC(=O)N1CC=C(c2ccc(O)c(N3CC(=O)NS3=O)c2F)C1. The topological polar surface area (TPSA) is 125 Å². The van der Waals surface area contributed by atoms with Gasteiger partial charge in [-0.05, 0) is 23.6 Å². The molecule has 1 aromatic carbocycles. The van der Waals surface area contributed by atoms with Crippen molar-refractivity contribution in [2.24, 2.45) is 5.92 Å². The number of aromatic hydroxyl groups is 1. The van der Waals surface area contributed by atoms with E-state index in [1.54, 1.807) is 6.08 Å². The zero-order chi connectivity index (χ0) is 23.6. The van der Waals surface area contributed by atoms with Crippen molar-refractivity contribution in [2.45, 2.75) is 33.5 Å². The molecule has 2 aliphatic rings. The van der Waals surface area contributed by atoms with E-state index >= 15 is 4.39 Å². The lowest BCUT2D eigenvalue weighted by molar-refractivity contribution is -0.166. The van der Waals surface area contributed by atoms with Crippen LogP contribution in [0.1, 0.15) is 32.8 Å². The molecule has 32 heavy (non-hydrogen) atoms. The fourth-order valence-electron chi connectivity index (χ4n) is 3.27. The van der Waals surface area contributed by atoms with E-state index in [4.69, 9.17) is 9.47 Å². The van der Waals surface area contributed by atoms with E-state index in [2.05, 4.69) is 4.72 Å². The molecular weight excluding hydrogens is 445 g/mol. The fourth-order valence-corrected chi connectivity index (χ4v) is 4.22. The number of nitrogens with one attached hydrogen (secondary N) is 1. The number of carbonyl (C=O) groups excluding carboxylic acids is 3. The van der Waals surface area contributed by atoms with Crippen LogP contribution in [-0.2, 0) is 30.2 Å². The zero-order valence-corrected chi connectivity index (χ0v) is 18.6. The molecule has 1 aromatic rings. The molecule has 3 rings (SSSR count). The van der Waals surface area contributed by atoms with Gasteiger partial charge in [-0.25, -0.2) is 13.4 Å². The first-order valence-corrected chi connectivity index (χ1v) is 11.0. The first-order valence-electron chi connectivity index (χ1n) is 9.91. The van der Waals surface area contributed by atoms with Crippen molar-refractivity contribution in [3.05, 3.63) is 29.6 Å². The van der Waals surface area contributed by atoms with Gasteiger partial charge in [0.2, 0.25) is 17.5 Å². The molecule has 174 valence electrons. The standard InChI is InChI=1S/C20H24FN3O7S/c1-11(2)8-17(27)30-12(3)31-20(28)23-7-6-13(9-23)14-4-5-15(25)19(18(14)21)24-10-16(26)22-32(24)29/h4-6,11-12,25H,7-10H2,1-3H3,(H,22,26). The second kappa shape index (κ2) is 9.55. The van der Waals surface area contributed by atoms with Crippen molar-refractivity contribution in [2.75, 3.05) is 23.9 Å². The number of halogens is 1. The highest BCUT2D eigenvalue weighted by atomic mass is 32.2. The Morgan fingerprint density at radius 2 is 1.97 bits per heavy atom. The minimum Gasteiger partial charge on any atom is -0.506 e. The molecule has 1 fully saturated rings. The molecule has 2 unspecified atom stereocenters. The molecule has 0 radical (unpaired) electrons. The van der Waals surface area contributed by atoms with Crippen LogP contribution in [0.5, 0.6) is 5.75 Å². The third-order valence-electron chi connectivity index (χ3n) is 4.70. The van der Waals surface area contributed by atoms with Gasteiger partial charge in [0.15, 0.2) is 5.82 Å². The van der Waals surface area contributed by atoms with E-state index in [9.17, 15) is 23.7 Å². The molecule has 2 aliphatic heterocycles. The van der Waals surface area contributed by atoms with Crippen LogP contribution in [0.2, 0.25) is 0 Å². The highest BCUT2D eigenvalue weighted by Crippen LogP contribution is 2.37. The van der Waals surface area contributed by atoms with Crippen LogP contribution in [0.15, 0.2) is 18.2 Å². The zero-order valence-electron chi connectivity index (χ0n) is 17.8. The lowest BCUT2D eigenvalue weighted by atomic mass is 10.0. The fraction of sp³-hybridized carbons (Fsp3) is 0.450. The summed E-state index contributed by atoms with van der Waals surface area (Å²) < 4.78 is 40.5. The number of anilines is 1. The largest absolute Gasteiger partial charge is 0.506 e. The van der Waals surface area contributed by atoms with Crippen LogP contribution in [0, 0.1) is 11.7 Å². The number of carbonyl (C=O) groups is 3. The minimum atomic E-state index is -2.01. The van der Waals surface area contributed by atoms with Gasteiger partial charge in [-0.15, -0.1) is 0 Å². The number of benzene rings is 1. The molecule has 2 N–H and O–H groups in total. The predicted octanol–water partition coefficient (Wildman–Crippen LogP) is 1.82. The molecule has 2 heterocycles. The Hall–Kier alpha value is -3.15. The third kappa shape index (κ3) is 5.18. The number of nitrogens with zero attached hydrogens (tertiary/aromatic N) is 2. The summed E-state index contributed by atoms with van der Waals surface area (Å²) in [4.78, 5) is 36.8. The van der Waals surface area contributed by atoms with Gasteiger partial charge in [0.25, 0.3) is 5.91 Å². The molecule has 2 amide bonds. The first kappa shape index (κ1) is 23.5. The monoisotopic (exact) mass is 469 g/mol. The lowest BCUT2D eigenvalue weighted by Crippen LogP contribution is -2.33. The van der Waals surface area contributed by atoms with E-state index in [0.717, 1.165) is 4.31 Å². The molecule has 0 spiro atoms. The smallest absolute Gasteiger partial charge is 0.413 e. The van der Waals surface area contributed by atoms with Crippen molar-refractivity contribution in [1.29, 1.82) is 0 Å². The number of esters is 1. The van der Waals surface area contributed by atoms with Gasteiger partial charge < -0.3 is 19.5 Å². The molecule has 2 atom stereocenters. The van der Waals surface area contributed by atoms with E-state index in [0.29, 0.717) is 5.57 Å². The van der Waals surface area contributed by atoms with Gasteiger partial charge in [-0.1, -0.05) is 19.9 Å². The first-order chi connectivity index (χ1) is 15.1. The maximum atomic E-state index is 15.2. The van der Waals surface area contributed by atoms with Crippen molar-refractivity contribution < 1.29 is 37.6 Å². The highest BCUT2D eigenvalue weighted by molar-refractivity contribution is 7.85. The van der Waals surface area contributed by atoms with Crippen LogP contribution in [0.3, 0.4) is 0 Å². The molecule has 0 aliphatic carbocycles. The molecule has 0 aromatic heterocycles. The second-order valence-corrected chi connectivity index (χ2v) is 8.90. The summed E-state index contributed by atoms with van der Waals surface area (Å²) in [7, 11) is 0. The Bertz CT molecular complexity index is 998. The summed E-state index contributed by atoms with van der Waals surface area (Å²) in [5.41, 5.74) is 0.155. The average Bonchev–Trinajstić information content (AvgIpc) is 3.28. The van der Waals surface area contributed by atoms with E-state index in [1.165, 1.54) is 24.0 Å². The average molecular weight is 469 g/mol. The summed E-state index contributed by atoms with van der Waals surface area (Å²) in [6, 6.07) is 2.56. The Balaban J connectivity index is 1.67. The van der Waals surface area contributed by atoms with E-state index in [1.807, 2.05) is 13.8 Å². The van der Waals surface area contributed by atoms with Gasteiger partial charge in [0.1, 0.15) is 18.0 Å².